The van der Waals surface area contributed by atoms with Gasteiger partial charge < -0.3 is 20.5 Å². The van der Waals surface area contributed by atoms with Gasteiger partial charge in [0.1, 0.15) is 17.9 Å². The maximum Gasteiger partial charge on any atom is 0.244 e. The number of nitrogens with one attached hydrogen (secondary N) is 3. The molecule has 4 rings (SSSR count). The summed E-state index contributed by atoms with van der Waals surface area (Å²) in [6.45, 7) is 1.49. The molecule has 9 nitrogen and oxygen atoms in total. The number of fused-ring (bicyclic) bond motifs is 1. The second kappa shape index (κ2) is 9.07. The van der Waals surface area contributed by atoms with Crippen LogP contribution in [0.3, 0.4) is 0 Å². The van der Waals surface area contributed by atoms with Crippen LogP contribution in [0, 0.1) is 5.53 Å². The van der Waals surface area contributed by atoms with Crippen molar-refractivity contribution in [2.45, 2.75) is 44.2 Å². The van der Waals surface area contributed by atoms with Crippen molar-refractivity contribution in [3.63, 3.8) is 0 Å². The lowest BCUT2D eigenvalue weighted by atomic mass is 9.84. The van der Waals surface area contributed by atoms with Crippen molar-refractivity contribution < 1.29 is 14.2 Å². The van der Waals surface area contributed by atoms with Gasteiger partial charge in [-0.25, -0.2) is 14.4 Å². The molecule has 0 saturated heterocycles. The predicted octanol–water partition coefficient (Wildman–Crippen LogP) is 4.55. The van der Waals surface area contributed by atoms with Crippen molar-refractivity contribution in [1.82, 2.24) is 14.6 Å². The van der Waals surface area contributed by atoms with Gasteiger partial charge in [0.2, 0.25) is 11.8 Å². The van der Waals surface area contributed by atoms with Crippen LogP contribution in [0.2, 0.25) is 0 Å². The van der Waals surface area contributed by atoms with Crippen LogP contribution in [0.15, 0.2) is 35.6 Å². The Hall–Kier alpha value is -3.27. The number of hydrogen-bond donors (Lipinski definition) is 4. The van der Waals surface area contributed by atoms with Crippen LogP contribution in [0.5, 0.6) is 5.88 Å². The molecule has 170 valence electrons. The quantitative estimate of drug-likeness (QED) is 0.381. The Kier molecular flexibility index (Phi) is 6.22. The molecule has 2 heterocycles. The van der Waals surface area contributed by atoms with Gasteiger partial charge in [-0.05, 0) is 56.4 Å². The van der Waals surface area contributed by atoms with Gasteiger partial charge in [0, 0.05) is 24.3 Å². The molecule has 32 heavy (non-hydrogen) atoms. The molecule has 0 bridgehead atoms. The van der Waals surface area contributed by atoms with Gasteiger partial charge in [0.15, 0.2) is 0 Å². The molecule has 0 aliphatic heterocycles. The Morgan fingerprint density at radius 1 is 1.34 bits per heavy atom. The molecule has 0 amide bonds. The third-order valence-electron chi connectivity index (χ3n) is 5.91. The lowest BCUT2D eigenvalue weighted by Gasteiger charge is -2.33. The van der Waals surface area contributed by atoms with Crippen molar-refractivity contribution >= 4 is 22.8 Å². The maximum atomic E-state index is 12.6. The van der Waals surface area contributed by atoms with Crippen LogP contribution in [-0.4, -0.2) is 51.7 Å². The number of aromatic nitrogens is 3. The lowest BCUT2D eigenvalue weighted by Crippen LogP contribution is -2.36. The third-order valence-corrected chi connectivity index (χ3v) is 5.91. The van der Waals surface area contributed by atoms with E-state index in [0.29, 0.717) is 28.7 Å². The molecule has 2 aromatic heterocycles. The zero-order valence-electron chi connectivity index (χ0n) is 18.2. The van der Waals surface area contributed by atoms with E-state index in [2.05, 4.69) is 25.8 Å². The number of benzene rings is 1. The molecule has 4 N–H and O–H groups in total. The van der Waals surface area contributed by atoms with Crippen LogP contribution >= 0.6 is 0 Å². The lowest BCUT2D eigenvalue weighted by molar-refractivity contribution is 0.0195. The SMILES string of the molecule is COc1nc(NC2CCC(C)(O)CC2)nn2ccc(-c3ccc(N=N)c(NCCF)c3)c12. The Morgan fingerprint density at radius 3 is 2.81 bits per heavy atom. The highest BCUT2D eigenvalue weighted by Crippen LogP contribution is 2.36. The monoisotopic (exact) mass is 441 g/mol. The zero-order valence-corrected chi connectivity index (χ0v) is 18.2. The fourth-order valence-electron chi connectivity index (χ4n) is 4.12. The zero-order chi connectivity index (χ0) is 22.7. The standard InChI is InChI=1S/C22H28FN7O2/c1-22(31)8-5-15(6-9-22)26-21-27-20(32-2)19-16(7-12-30(19)29-21)14-3-4-17(28-24)18(13-14)25-11-10-23/h3-4,7,12-13,15,24-25,31H,5-6,8-11H2,1-2H3,(H,26,29). The first kappa shape index (κ1) is 21.9. The van der Waals surface area contributed by atoms with Crippen LogP contribution in [0.1, 0.15) is 32.6 Å². The molecule has 1 aromatic carbocycles. The van der Waals surface area contributed by atoms with E-state index < -0.39 is 12.3 Å². The topological polar surface area (TPSA) is 120 Å². The summed E-state index contributed by atoms with van der Waals surface area (Å²) in [4.78, 5) is 4.57. The largest absolute Gasteiger partial charge is 0.479 e. The molecular weight excluding hydrogens is 413 g/mol. The summed E-state index contributed by atoms with van der Waals surface area (Å²) in [5, 5.41) is 24.6. The summed E-state index contributed by atoms with van der Waals surface area (Å²) >= 11 is 0. The minimum absolute atomic E-state index is 0.139. The number of halogens is 1. The normalized spacial score (nSPS) is 20.8. The van der Waals surface area contributed by atoms with Crippen molar-refractivity contribution in [2.24, 2.45) is 5.11 Å². The number of aliphatic hydroxyl groups is 1. The van der Waals surface area contributed by atoms with Gasteiger partial charge in [-0.15, -0.1) is 5.10 Å². The van der Waals surface area contributed by atoms with Crippen molar-refractivity contribution in [2.75, 3.05) is 31.0 Å². The van der Waals surface area contributed by atoms with Crippen molar-refractivity contribution in [3.05, 3.63) is 30.5 Å². The molecule has 1 aliphatic rings. The first-order valence-electron chi connectivity index (χ1n) is 10.7. The molecular formula is C22H28FN7O2. The molecule has 3 aromatic rings. The number of nitrogens with zero attached hydrogens (tertiary/aromatic N) is 4. The Labute approximate surface area is 185 Å². The summed E-state index contributed by atoms with van der Waals surface area (Å²) in [5.74, 6) is 0.898. The Morgan fingerprint density at radius 2 is 2.12 bits per heavy atom. The summed E-state index contributed by atoms with van der Waals surface area (Å²) < 4.78 is 20.0. The van der Waals surface area contributed by atoms with Crippen LogP contribution in [0.25, 0.3) is 16.6 Å². The highest BCUT2D eigenvalue weighted by atomic mass is 19.1. The molecule has 1 aliphatic carbocycles. The Bertz CT molecular complexity index is 1110. The van der Waals surface area contributed by atoms with E-state index in [0.717, 1.165) is 36.8 Å². The number of hydrogen-bond acceptors (Lipinski definition) is 8. The van der Waals surface area contributed by atoms with Crippen molar-refractivity contribution in [3.8, 4) is 17.0 Å². The summed E-state index contributed by atoms with van der Waals surface area (Å²) in [7, 11) is 1.57. The fourth-order valence-corrected chi connectivity index (χ4v) is 4.12. The molecule has 0 unspecified atom stereocenters. The second-order valence-corrected chi connectivity index (χ2v) is 8.34. The molecule has 1 fully saturated rings. The van der Waals surface area contributed by atoms with E-state index in [1.54, 1.807) is 17.7 Å². The van der Waals surface area contributed by atoms with E-state index in [1.807, 2.05) is 31.3 Å². The summed E-state index contributed by atoms with van der Waals surface area (Å²) in [5.41, 5.74) is 10.2. The molecule has 0 atom stereocenters. The smallest absolute Gasteiger partial charge is 0.244 e. The Balaban J connectivity index is 1.66. The number of rotatable bonds is 8. The predicted molar refractivity (Wildman–Crippen MR) is 121 cm³/mol. The van der Waals surface area contributed by atoms with Gasteiger partial charge in [-0.2, -0.15) is 10.1 Å². The first-order chi connectivity index (χ1) is 15.4. The number of methoxy groups -OCH3 is 1. The average Bonchev–Trinajstić information content (AvgIpc) is 3.22. The fraction of sp³-hybridized carbons (Fsp3) is 0.455. The van der Waals surface area contributed by atoms with Gasteiger partial charge >= 0.3 is 0 Å². The van der Waals surface area contributed by atoms with E-state index in [1.165, 1.54) is 0 Å². The van der Waals surface area contributed by atoms with E-state index in [4.69, 9.17) is 10.3 Å². The molecule has 10 heteroatoms. The summed E-state index contributed by atoms with van der Waals surface area (Å²) in [6, 6.07) is 7.51. The molecule has 1 saturated carbocycles. The van der Waals surface area contributed by atoms with Gasteiger partial charge in [0.25, 0.3) is 0 Å². The van der Waals surface area contributed by atoms with E-state index in [-0.39, 0.29) is 12.6 Å². The van der Waals surface area contributed by atoms with Crippen LogP contribution in [-0.2, 0) is 0 Å². The highest BCUT2D eigenvalue weighted by molar-refractivity contribution is 5.87. The number of alkyl halides is 1. The van der Waals surface area contributed by atoms with Gasteiger partial charge in [0.05, 0.1) is 18.4 Å². The molecule has 0 radical (unpaired) electrons. The van der Waals surface area contributed by atoms with Crippen LogP contribution in [0.4, 0.5) is 21.7 Å². The third kappa shape index (κ3) is 4.50. The first-order valence-corrected chi connectivity index (χ1v) is 10.7. The minimum atomic E-state index is -0.600. The van der Waals surface area contributed by atoms with Crippen molar-refractivity contribution in [1.29, 1.82) is 5.53 Å². The summed E-state index contributed by atoms with van der Waals surface area (Å²) in [6.07, 6.45) is 4.99. The second-order valence-electron chi connectivity index (χ2n) is 8.34. The average molecular weight is 442 g/mol. The highest BCUT2D eigenvalue weighted by Gasteiger charge is 2.29. The minimum Gasteiger partial charge on any atom is -0.479 e. The molecule has 0 spiro atoms. The maximum absolute atomic E-state index is 12.6. The number of anilines is 2. The van der Waals surface area contributed by atoms with E-state index >= 15 is 0 Å². The van der Waals surface area contributed by atoms with Crippen LogP contribution < -0.4 is 15.4 Å². The number of ether oxygens (including phenoxy) is 1. The van der Waals surface area contributed by atoms with Gasteiger partial charge in [-0.1, -0.05) is 6.07 Å². The van der Waals surface area contributed by atoms with E-state index in [9.17, 15) is 9.50 Å². The van der Waals surface area contributed by atoms with Gasteiger partial charge in [-0.3, -0.25) is 0 Å².